The summed E-state index contributed by atoms with van der Waals surface area (Å²) < 4.78 is 15.0. The lowest BCUT2D eigenvalue weighted by Crippen LogP contribution is -1.93. The number of pyridine rings is 2. The molecule has 0 aromatic carbocycles. The van der Waals surface area contributed by atoms with E-state index in [1.165, 1.54) is 18.3 Å². The second kappa shape index (κ2) is 3.41. The van der Waals surface area contributed by atoms with Gasteiger partial charge in [0.1, 0.15) is 11.5 Å². The van der Waals surface area contributed by atoms with Crippen LogP contribution in [0.5, 0.6) is 0 Å². The predicted octanol–water partition coefficient (Wildman–Crippen LogP) is 2.54. The molecule has 78 valence electrons. The largest absolute Gasteiger partial charge is 0.298 e. The molecule has 3 aromatic rings. The maximum atomic E-state index is 13.1. The van der Waals surface area contributed by atoms with Gasteiger partial charge in [-0.25, -0.2) is 9.37 Å². The van der Waals surface area contributed by atoms with Crippen molar-refractivity contribution in [2.45, 2.75) is 0 Å². The monoisotopic (exact) mass is 213 g/mol. The summed E-state index contributed by atoms with van der Waals surface area (Å²) in [5.41, 5.74) is 2.25. The molecule has 3 nitrogen and oxygen atoms in total. The second-order valence-corrected chi connectivity index (χ2v) is 3.43. The molecule has 0 radical (unpaired) electrons. The van der Waals surface area contributed by atoms with Gasteiger partial charge in [0.25, 0.3) is 0 Å². The molecular formula is C12H8FN3. The van der Waals surface area contributed by atoms with Crippen molar-refractivity contribution in [1.82, 2.24) is 14.4 Å². The molecule has 0 aliphatic rings. The Bertz CT molecular complexity index is 645. The van der Waals surface area contributed by atoms with Crippen LogP contribution >= 0.6 is 0 Å². The van der Waals surface area contributed by atoms with Crippen LogP contribution in [0.3, 0.4) is 0 Å². The van der Waals surface area contributed by atoms with E-state index in [0.717, 1.165) is 11.3 Å². The van der Waals surface area contributed by atoms with Crippen molar-refractivity contribution in [3.8, 4) is 11.4 Å². The smallest absolute Gasteiger partial charge is 0.137 e. The topological polar surface area (TPSA) is 30.2 Å². The van der Waals surface area contributed by atoms with Crippen LogP contribution in [-0.4, -0.2) is 14.4 Å². The minimum atomic E-state index is -0.290. The van der Waals surface area contributed by atoms with Crippen molar-refractivity contribution in [3.63, 3.8) is 0 Å². The molecule has 0 saturated carbocycles. The van der Waals surface area contributed by atoms with Crippen molar-refractivity contribution in [3.05, 3.63) is 54.7 Å². The normalized spacial score (nSPS) is 10.8. The van der Waals surface area contributed by atoms with Gasteiger partial charge in [-0.05, 0) is 18.2 Å². The molecule has 16 heavy (non-hydrogen) atoms. The molecule has 3 rings (SSSR count). The van der Waals surface area contributed by atoms with Crippen LogP contribution in [0.4, 0.5) is 4.39 Å². The third kappa shape index (κ3) is 1.35. The highest BCUT2D eigenvalue weighted by Gasteiger charge is 2.05. The lowest BCUT2D eigenvalue weighted by Gasteiger charge is -2.04. The van der Waals surface area contributed by atoms with E-state index in [4.69, 9.17) is 0 Å². The van der Waals surface area contributed by atoms with Gasteiger partial charge in [0.05, 0.1) is 11.4 Å². The zero-order chi connectivity index (χ0) is 11.0. The fraction of sp³-hybridized carbons (Fsp3) is 0. The van der Waals surface area contributed by atoms with Crippen LogP contribution in [-0.2, 0) is 0 Å². The summed E-state index contributed by atoms with van der Waals surface area (Å²) in [6.07, 6.45) is 5.00. The van der Waals surface area contributed by atoms with E-state index in [2.05, 4.69) is 9.97 Å². The molecule has 0 unspecified atom stereocenters. The molecule has 3 aromatic heterocycles. The Morgan fingerprint density at radius 2 is 2.00 bits per heavy atom. The molecule has 0 spiro atoms. The Morgan fingerprint density at radius 3 is 2.88 bits per heavy atom. The third-order valence-electron chi connectivity index (χ3n) is 2.41. The molecule has 0 saturated heterocycles. The predicted molar refractivity (Wildman–Crippen MR) is 58.4 cm³/mol. The Morgan fingerprint density at radius 1 is 1.06 bits per heavy atom. The van der Waals surface area contributed by atoms with Gasteiger partial charge in [-0.1, -0.05) is 6.07 Å². The van der Waals surface area contributed by atoms with Gasteiger partial charge in [-0.15, -0.1) is 0 Å². The van der Waals surface area contributed by atoms with Gasteiger partial charge >= 0.3 is 0 Å². The van der Waals surface area contributed by atoms with Crippen LogP contribution in [0.25, 0.3) is 17.0 Å². The lowest BCUT2D eigenvalue weighted by atomic mass is 10.2. The summed E-state index contributed by atoms with van der Waals surface area (Å²) >= 11 is 0. The number of halogens is 1. The summed E-state index contributed by atoms with van der Waals surface area (Å²) in [4.78, 5) is 8.32. The maximum absolute atomic E-state index is 13.1. The highest BCUT2D eigenvalue weighted by atomic mass is 19.1. The summed E-state index contributed by atoms with van der Waals surface area (Å²) in [5, 5.41) is 0. The van der Waals surface area contributed by atoms with E-state index in [-0.39, 0.29) is 5.82 Å². The summed E-state index contributed by atoms with van der Waals surface area (Å²) in [7, 11) is 0. The SMILES string of the molecule is Fc1ccnc(-c2cccc3nccn23)c1. The summed E-state index contributed by atoms with van der Waals surface area (Å²) in [5.74, 6) is -0.290. The van der Waals surface area contributed by atoms with E-state index < -0.39 is 0 Å². The van der Waals surface area contributed by atoms with Crippen molar-refractivity contribution >= 4 is 5.65 Å². The molecule has 3 heterocycles. The van der Waals surface area contributed by atoms with Crippen LogP contribution in [0, 0.1) is 5.82 Å². The minimum absolute atomic E-state index is 0.290. The first-order chi connectivity index (χ1) is 7.84. The fourth-order valence-corrected chi connectivity index (χ4v) is 1.70. The van der Waals surface area contributed by atoms with E-state index in [0.29, 0.717) is 5.69 Å². The van der Waals surface area contributed by atoms with Crippen LogP contribution < -0.4 is 0 Å². The standard InChI is InChI=1S/C12H8FN3/c13-9-4-5-14-10(8-9)11-2-1-3-12-15-6-7-16(11)12/h1-8H. The first-order valence-corrected chi connectivity index (χ1v) is 4.88. The van der Waals surface area contributed by atoms with Gasteiger partial charge in [-0.3, -0.25) is 9.38 Å². The molecule has 0 aliphatic carbocycles. The molecule has 0 bridgehead atoms. The molecule has 0 amide bonds. The third-order valence-corrected chi connectivity index (χ3v) is 2.41. The fourth-order valence-electron chi connectivity index (χ4n) is 1.70. The maximum Gasteiger partial charge on any atom is 0.137 e. The Kier molecular flexibility index (Phi) is 1.93. The highest BCUT2D eigenvalue weighted by Crippen LogP contribution is 2.18. The average molecular weight is 213 g/mol. The Hall–Kier alpha value is -2.23. The second-order valence-electron chi connectivity index (χ2n) is 3.43. The van der Waals surface area contributed by atoms with Crippen LogP contribution in [0.2, 0.25) is 0 Å². The van der Waals surface area contributed by atoms with Crippen molar-refractivity contribution in [2.75, 3.05) is 0 Å². The lowest BCUT2D eigenvalue weighted by molar-refractivity contribution is 0.626. The van der Waals surface area contributed by atoms with Crippen LogP contribution in [0.1, 0.15) is 0 Å². The van der Waals surface area contributed by atoms with Crippen molar-refractivity contribution in [2.24, 2.45) is 0 Å². The molecular weight excluding hydrogens is 205 g/mol. The van der Waals surface area contributed by atoms with Gasteiger partial charge in [0.2, 0.25) is 0 Å². The zero-order valence-electron chi connectivity index (χ0n) is 8.34. The van der Waals surface area contributed by atoms with Gasteiger partial charge in [-0.2, -0.15) is 0 Å². The van der Waals surface area contributed by atoms with Gasteiger partial charge < -0.3 is 0 Å². The van der Waals surface area contributed by atoms with Crippen molar-refractivity contribution in [1.29, 1.82) is 0 Å². The number of rotatable bonds is 1. The van der Waals surface area contributed by atoms with Gasteiger partial charge in [0.15, 0.2) is 0 Å². The number of hydrogen-bond donors (Lipinski definition) is 0. The molecule has 0 atom stereocenters. The number of aromatic nitrogens is 3. The Labute approximate surface area is 91.2 Å². The first-order valence-electron chi connectivity index (χ1n) is 4.88. The number of nitrogens with zero attached hydrogens (tertiary/aromatic N) is 3. The highest BCUT2D eigenvalue weighted by molar-refractivity contribution is 5.59. The number of hydrogen-bond acceptors (Lipinski definition) is 2. The van der Waals surface area contributed by atoms with Crippen molar-refractivity contribution < 1.29 is 4.39 Å². The first kappa shape index (κ1) is 9.03. The summed E-state index contributed by atoms with van der Waals surface area (Å²) in [6, 6.07) is 8.40. The quantitative estimate of drug-likeness (QED) is 0.621. The van der Waals surface area contributed by atoms with E-state index in [1.807, 2.05) is 28.8 Å². The number of imidazole rings is 1. The van der Waals surface area contributed by atoms with E-state index in [9.17, 15) is 4.39 Å². The average Bonchev–Trinajstić information content (AvgIpc) is 2.76. The summed E-state index contributed by atoms with van der Waals surface area (Å²) in [6.45, 7) is 0. The molecule has 0 fully saturated rings. The Balaban J connectivity index is 2.29. The van der Waals surface area contributed by atoms with E-state index >= 15 is 0 Å². The zero-order valence-corrected chi connectivity index (χ0v) is 8.34. The number of fused-ring (bicyclic) bond motifs is 1. The molecule has 0 aliphatic heterocycles. The molecule has 0 N–H and O–H groups in total. The minimum Gasteiger partial charge on any atom is -0.298 e. The van der Waals surface area contributed by atoms with Gasteiger partial charge in [0, 0.05) is 24.7 Å². The van der Waals surface area contributed by atoms with E-state index in [1.54, 1.807) is 6.20 Å². The van der Waals surface area contributed by atoms with Crippen LogP contribution in [0.15, 0.2) is 48.9 Å². The molecule has 4 heteroatoms.